The smallest absolute Gasteiger partial charge is 0.336 e. The summed E-state index contributed by atoms with van der Waals surface area (Å²) in [6.45, 7) is 2.11. The molecule has 0 saturated heterocycles. The molecule has 4 nitrogen and oxygen atoms in total. The van der Waals surface area contributed by atoms with E-state index >= 15 is 0 Å². The number of nitrogens with zero attached hydrogens (tertiary/aromatic N) is 1. The number of carbonyl (C=O) groups is 2. The molecule has 116 valence electrons. The number of carboxylic acid groups (broad SMARTS) is 1. The van der Waals surface area contributed by atoms with Gasteiger partial charge in [-0.15, -0.1) is 0 Å². The van der Waals surface area contributed by atoms with Crippen molar-refractivity contribution >= 4 is 29.2 Å². The Morgan fingerprint density at radius 1 is 1.22 bits per heavy atom. The lowest BCUT2D eigenvalue weighted by Gasteiger charge is -2.36. The molecule has 2 aromatic rings. The molecule has 1 N–H and O–H groups in total. The van der Waals surface area contributed by atoms with Crippen LogP contribution in [-0.2, 0) is 0 Å². The Bertz CT molecular complexity index is 861. The number of fused-ring (bicyclic) bond motifs is 5. The number of anilines is 1. The largest absolute Gasteiger partial charge is 0.478 e. The summed E-state index contributed by atoms with van der Waals surface area (Å²) in [4.78, 5) is 26.1. The van der Waals surface area contributed by atoms with E-state index < -0.39 is 5.97 Å². The Hall–Kier alpha value is -2.33. The predicted octanol–water partition coefficient (Wildman–Crippen LogP) is 4.25. The first-order valence-corrected chi connectivity index (χ1v) is 7.86. The second-order valence-electron chi connectivity index (χ2n) is 6.08. The molecule has 2 aliphatic heterocycles. The van der Waals surface area contributed by atoms with Gasteiger partial charge in [0, 0.05) is 0 Å². The van der Waals surface area contributed by atoms with Crippen LogP contribution >= 0.6 is 11.6 Å². The van der Waals surface area contributed by atoms with Crippen molar-refractivity contribution in [3.63, 3.8) is 0 Å². The van der Waals surface area contributed by atoms with Crippen LogP contribution in [0.1, 0.15) is 57.1 Å². The summed E-state index contributed by atoms with van der Waals surface area (Å²) in [6, 6.07) is 10.5. The Kier molecular flexibility index (Phi) is 3.00. The second kappa shape index (κ2) is 4.83. The molecular weight excluding hydrogens is 314 g/mol. The van der Waals surface area contributed by atoms with Gasteiger partial charge in [0.05, 0.1) is 27.9 Å². The maximum atomic E-state index is 13.0. The molecule has 2 atom stereocenters. The lowest BCUT2D eigenvalue weighted by Crippen LogP contribution is -2.33. The van der Waals surface area contributed by atoms with E-state index in [2.05, 4.69) is 6.92 Å². The van der Waals surface area contributed by atoms with E-state index in [1.54, 1.807) is 17.0 Å². The molecule has 0 unspecified atom stereocenters. The van der Waals surface area contributed by atoms with Crippen LogP contribution in [0.15, 0.2) is 36.4 Å². The number of rotatable bonds is 1. The number of aromatic carboxylic acids is 1. The summed E-state index contributed by atoms with van der Waals surface area (Å²) in [5.41, 5.74) is 2.89. The fourth-order valence-corrected chi connectivity index (χ4v) is 4.07. The standard InChI is InChI=1S/C18H14ClNO3/c1-9-8-14-11-5-2-6-12(18(22)23)15(11)17(21)20(14)16-10(9)4-3-7-13(16)19/h2-7,9,14H,8H2,1H3,(H,22,23)/t9-,14+/m1/s1. The molecule has 0 aliphatic carbocycles. The third-order valence-corrected chi connectivity index (χ3v) is 5.10. The van der Waals surface area contributed by atoms with Gasteiger partial charge in [-0.25, -0.2) is 4.79 Å². The van der Waals surface area contributed by atoms with E-state index in [0.29, 0.717) is 10.6 Å². The topological polar surface area (TPSA) is 57.6 Å². The minimum Gasteiger partial charge on any atom is -0.478 e. The third-order valence-electron chi connectivity index (χ3n) is 4.80. The summed E-state index contributed by atoms with van der Waals surface area (Å²) >= 11 is 6.37. The Morgan fingerprint density at radius 2 is 1.91 bits per heavy atom. The maximum Gasteiger partial charge on any atom is 0.336 e. The molecule has 2 heterocycles. The lowest BCUT2D eigenvalue weighted by atomic mass is 9.85. The number of carbonyl (C=O) groups excluding carboxylic acids is 1. The summed E-state index contributed by atoms with van der Waals surface area (Å²) in [5.74, 6) is -1.11. The normalized spacial score (nSPS) is 21.7. The molecule has 1 amide bonds. The zero-order valence-electron chi connectivity index (χ0n) is 12.4. The van der Waals surface area contributed by atoms with E-state index in [9.17, 15) is 14.7 Å². The Labute approximate surface area is 138 Å². The van der Waals surface area contributed by atoms with Crippen LogP contribution in [0.2, 0.25) is 5.02 Å². The quantitative estimate of drug-likeness (QED) is 0.852. The van der Waals surface area contributed by atoms with Crippen molar-refractivity contribution in [2.45, 2.75) is 25.3 Å². The number of carboxylic acids is 1. The monoisotopic (exact) mass is 327 g/mol. The van der Waals surface area contributed by atoms with E-state index in [1.165, 1.54) is 6.07 Å². The molecule has 0 saturated carbocycles. The van der Waals surface area contributed by atoms with Crippen molar-refractivity contribution in [2.24, 2.45) is 0 Å². The number of hydrogen-bond acceptors (Lipinski definition) is 2. The fraction of sp³-hybridized carbons (Fsp3) is 0.222. The first kappa shape index (κ1) is 14.3. The van der Waals surface area contributed by atoms with Gasteiger partial charge < -0.3 is 5.11 Å². The summed E-state index contributed by atoms with van der Waals surface area (Å²) < 4.78 is 0. The van der Waals surface area contributed by atoms with Crippen molar-refractivity contribution in [1.29, 1.82) is 0 Å². The lowest BCUT2D eigenvalue weighted by molar-refractivity contribution is 0.0692. The Morgan fingerprint density at radius 3 is 2.65 bits per heavy atom. The highest BCUT2D eigenvalue weighted by Crippen LogP contribution is 2.52. The zero-order chi connectivity index (χ0) is 16.3. The maximum absolute atomic E-state index is 13.0. The molecule has 0 radical (unpaired) electrons. The van der Waals surface area contributed by atoms with Crippen LogP contribution in [0, 0.1) is 0 Å². The van der Waals surface area contributed by atoms with Crippen LogP contribution in [-0.4, -0.2) is 17.0 Å². The van der Waals surface area contributed by atoms with Gasteiger partial charge >= 0.3 is 5.97 Å². The van der Waals surface area contributed by atoms with Crippen LogP contribution in [0.5, 0.6) is 0 Å². The van der Waals surface area contributed by atoms with Crippen molar-refractivity contribution in [2.75, 3.05) is 4.90 Å². The van der Waals surface area contributed by atoms with Gasteiger partial charge in [-0.2, -0.15) is 0 Å². The molecule has 0 fully saturated rings. The number of hydrogen-bond donors (Lipinski definition) is 1. The summed E-state index contributed by atoms with van der Waals surface area (Å²) in [7, 11) is 0. The van der Waals surface area contributed by atoms with E-state index in [4.69, 9.17) is 11.6 Å². The van der Waals surface area contributed by atoms with Crippen molar-refractivity contribution in [1.82, 2.24) is 0 Å². The van der Waals surface area contributed by atoms with Gasteiger partial charge in [0.2, 0.25) is 0 Å². The van der Waals surface area contributed by atoms with E-state index in [-0.39, 0.29) is 23.4 Å². The van der Waals surface area contributed by atoms with Gasteiger partial charge in [0.25, 0.3) is 5.91 Å². The molecule has 23 heavy (non-hydrogen) atoms. The van der Waals surface area contributed by atoms with Gasteiger partial charge in [-0.1, -0.05) is 42.8 Å². The SMILES string of the molecule is C[C@@H]1C[C@H]2c3cccc(C(=O)O)c3C(=O)N2c2c(Cl)cccc21. The second-order valence-corrected chi connectivity index (χ2v) is 6.49. The molecule has 0 aromatic heterocycles. The summed E-state index contributed by atoms with van der Waals surface area (Å²) in [5, 5.41) is 9.93. The molecular formula is C18H14ClNO3. The predicted molar refractivity (Wildman–Crippen MR) is 87.4 cm³/mol. The van der Waals surface area contributed by atoms with E-state index in [0.717, 1.165) is 23.2 Å². The first-order valence-electron chi connectivity index (χ1n) is 7.49. The van der Waals surface area contributed by atoms with Crippen molar-refractivity contribution in [3.8, 4) is 0 Å². The highest BCUT2D eigenvalue weighted by atomic mass is 35.5. The minimum absolute atomic E-state index is 0.0585. The number of benzene rings is 2. The van der Waals surface area contributed by atoms with Gasteiger partial charge in [-0.05, 0) is 35.6 Å². The fourth-order valence-electron chi connectivity index (χ4n) is 3.80. The van der Waals surface area contributed by atoms with Crippen LogP contribution in [0.4, 0.5) is 5.69 Å². The van der Waals surface area contributed by atoms with Crippen LogP contribution in [0.3, 0.4) is 0 Å². The molecule has 4 rings (SSSR count). The summed E-state index contributed by atoms with van der Waals surface area (Å²) in [6.07, 6.45) is 0.759. The number of halogens is 1. The van der Waals surface area contributed by atoms with Gasteiger partial charge in [0.15, 0.2) is 0 Å². The van der Waals surface area contributed by atoms with Crippen molar-refractivity contribution in [3.05, 3.63) is 63.7 Å². The first-order chi connectivity index (χ1) is 11.0. The minimum atomic E-state index is -1.08. The molecule has 2 aliphatic rings. The highest BCUT2D eigenvalue weighted by molar-refractivity contribution is 6.34. The molecule has 0 bridgehead atoms. The van der Waals surface area contributed by atoms with Crippen molar-refractivity contribution < 1.29 is 14.7 Å². The van der Waals surface area contributed by atoms with Gasteiger partial charge in [0.1, 0.15) is 0 Å². The average Bonchev–Trinajstić information content (AvgIpc) is 2.81. The van der Waals surface area contributed by atoms with Gasteiger partial charge in [-0.3, -0.25) is 9.69 Å². The average molecular weight is 328 g/mol. The third kappa shape index (κ3) is 1.85. The molecule has 5 heteroatoms. The zero-order valence-corrected chi connectivity index (χ0v) is 13.2. The molecule has 0 spiro atoms. The highest BCUT2D eigenvalue weighted by Gasteiger charge is 2.45. The van der Waals surface area contributed by atoms with Crippen LogP contribution < -0.4 is 4.90 Å². The van der Waals surface area contributed by atoms with E-state index in [1.807, 2.05) is 18.2 Å². The van der Waals surface area contributed by atoms with Crippen LogP contribution in [0.25, 0.3) is 0 Å². The molecule has 2 aromatic carbocycles. The number of para-hydroxylation sites is 1. The number of amides is 1. The Balaban J connectivity index is 1.98.